The minimum absolute atomic E-state index is 0.504. The number of aromatic nitrogens is 1. The Bertz CT molecular complexity index is 514. The molecule has 0 aliphatic rings. The first-order valence-electron chi connectivity index (χ1n) is 5.09. The summed E-state index contributed by atoms with van der Waals surface area (Å²) in [4.78, 5) is 4.26. The molecule has 16 heavy (non-hydrogen) atoms. The van der Waals surface area contributed by atoms with E-state index in [0.29, 0.717) is 27.9 Å². The summed E-state index contributed by atoms with van der Waals surface area (Å²) in [6.07, 6.45) is 2.63. The molecule has 2 aromatic rings. The molecule has 2 nitrogen and oxygen atoms in total. The van der Waals surface area contributed by atoms with Gasteiger partial charge in [-0.15, -0.1) is 0 Å². The van der Waals surface area contributed by atoms with Crippen molar-refractivity contribution < 1.29 is 4.74 Å². The van der Waals surface area contributed by atoms with Crippen molar-refractivity contribution in [2.45, 2.75) is 13.3 Å². The third-order valence-corrected chi connectivity index (χ3v) is 2.79. The van der Waals surface area contributed by atoms with E-state index in [0.717, 1.165) is 11.8 Å². The Balaban J connectivity index is 2.61. The topological polar surface area (TPSA) is 22.1 Å². The molecular formula is C12H11Cl2NO. The van der Waals surface area contributed by atoms with Crippen LogP contribution < -0.4 is 4.74 Å². The summed E-state index contributed by atoms with van der Waals surface area (Å²) < 4.78 is 5.60. The second kappa shape index (κ2) is 4.89. The summed E-state index contributed by atoms with van der Waals surface area (Å²) in [6, 6.07) is 5.43. The van der Waals surface area contributed by atoms with Gasteiger partial charge in [-0.05, 0) is 24.6 Å². The van der Waals surface area contributed by atoms with Gasteiger partial charge < -0.3 is 4.74 Å². The number of nitrogens with zero attached hydrogens (tertiary/aromatic N) is 1. The van der Waals surface area contributed by atoms with Gasteiger partial charge in [0, 0.05) is 11.6 Å². The SMILES string of the molecule is CCCOc1c(Cl)cc(Cl)c2cccnc12. The highest BCUT2D eigenvalue weighted by atomic mass is 35.5. The molecule has 84 valence electrons. The van der Waals surface area contributed by atoms with Gasteiger partial charge in [0.25, 0.3) is 0 Å². The van der Waals surface area contributed by atoms with Crippen LogP contribution in [-0.2, 0) is 0 Å². The largest absolute Gasteiger partial charge is 0.490 e. The number of hydrogen-bond acceptors (Lipinski definition) is 2. The van der Waals surface area contributed by atoms with Crippen molar-refractivity contribution >= 4 is 34.1 Å². The fraction of sp³-hybridized carbons (Fsp3) is 0.250. The summed E-state index contributed by atoms with van der Waals surface area (Å²) in [5.74, 6) is 0.614. The average Bonchev–Trinajstić information content (AvgIpc) is 2.29. The van der Waals surface area contributed by atoms with Gasteiger partial charge in [-0.1, -0.05) is 30.1 Å². The van der Waals surface area contributed by atoms with Gasteiger partial charge in [-0.2, -0.15) is 0 Å². The van der Waals surface area contributed by atoms with Crippen LogP contribution in [0.4, 0.5) is 0 Å². The number of fused-ring (bicyclic) bond motifs is 1. The molecule has 0 aliphatic carbocycles. The predicted octanol–water partition coefficient (Wildman–Crippen LogP) is 4.33. The Morgan fingerprint density at radius 2 is 2.12 bits per heavy atom. The van der Waals surface area contributed by atoms with Crippen LogP contribution in [0.5, 0.6) is 5.75 Å². The first-order chi connectivity index (χ1) is 7.74. The smallest absolute Gasteiger partial charge is 0.164 e. The third-order valence-electron chi connectivity index (χ3n) is 2.20. The van der Waals surface area contributed by atoms with E-state index < -0.39 is 0 Å². The van der Waals surface area contributed by atoms with E-state index in [4.69, 9.17) is 27.9 Å². The maximum absolute atomic E-state index is 6.09. The van der Waals surface area contributed by atoms with E-state index in [1.807, 2.05) is 19.1 Å². The van der Waals surface area contributed by atoms with E-state index in [9.17, 15) is 0 Å². The van der Waals surface area contributed by atoms with Crippen LogP contribution in [0.25, 0.3) is 10.9 Å². The quantitative estimate of drug-likeness (QED) is 0.815. The van der Waals surface area contributed by atoms with Crippen LogP contribution in [0.3, 0.4) is 0 Å². The van der Waals surface area contributed by atoms with E-state index in [-0.39, 0.29) is 0 Å². The molecule has 0 spiro atoms. The molecule has 0 aliphatic heterocycles. The number of pyridine rings is 1. The first kappa shape index (κ1) is 11.5. The summed E-state index contributed by atoms with van der Waals surface area (Å²) in [6.45, 7) is 2.66. The highest BCUT2D eigenvalue weighted by Gasteiger charge is 2.11. The monoisotopic (exact) mass is 255 g/mol. The molecule has 2 rings (SSSR count). The number of benzene rings is 1. The van der Waals surface area contributed by atoms with Crippen LogP contribution in [-0.4, -0.2) is 11.6 Å². The minimum atomic E-state index is 0.504. The lowest BCUT2D eigenvalue weighted by Gasteiger charge is -2.10. The van der Waals surface area contributed by atoms with Gasteiger partial charge in [0.2, 0.25) is 0 Å². The first-order valence-corrected chi connectivity index (χ1v) is 5.85. The van der Waals surface area contributed by atoms with Crippen molar-refractivity contribution in [3.63, 3.8) is 0 Å². The molecule has 0 amide bonds. The molecule has 0 bridgehead atoms. The maximum atomic E-state index is 6.09. The van der Waals surface area contributed by atoms with E-state index in [1.165, 1.54) is 0 Å². The second-order valence-electron chi connectivity index (χ2n) is 3.42. The number of rotatable bonds is 3. The lowest BCUT2D eigenvalue weighted by atomic mass is 10.2. The Labute approximate surface area is 104 Å². The van der Waals surface area contributed by atoms with Crippen molar-refractivity contribution in [3.05, 3.63) is 34.4 Å². The minimum Gasteiger partial charge on any atom is -0.490 e. The lowest BCUT2D eigenvalue weighted by Crippen LogP contribution is -1.97. The highest BCUT2D eigenvalue weighted by molar-refractivity contribution is 6.39. The van der Waals surface area contributed by atoms with Gasteiger partial charge >= 0.3 is 0 Å². The summed E-state index contributed by atoms with van der Waals surface area (Å²) in [5, 5.41) is 1.96. The normalized spacial score (nSPS) is 10.7. The number of halogens is 2. The zero-order valence-corrected chi connectivity index (χ0v) is 10.3. The van der Waals surface area contributed by atoms with Crippen LogP contribution in [0.2, 0.25) is 10.0 Å². The molecule has 4 heteroatoms. The zero-order chi connectivity index (χ0) is 11.5. The molecule has 0 unspecified atom stereocenters. The molecule has 1 aromatic carbocycles. The van der Waals surface area contributed by atoms with Gasteiger partial charge in [-0.25, -0.2) is 0 Å². The molecule has 0 saturated heterocycles. The summed E-state index contributed by atoms with van der Waals surface area (Å²) >= 11 is 12.2. The fourth-order valence-corrected chi connectivity index (χ4v) is 2.06. The summed E-state index contributed by atoms with van der Waals surface area (Å²) in [5.41, 5.74) is 0.716. The Morgan fingerprint density at radius 1 is 1.31 bits per heavy atom. The average molecular weight is 256 g/mol. The van der Waals surface area contributed by atoms with E-state index in [2.05, 4.69) is 4.98 Å². The molecule has 0 saturated carbocycles. The Hall–Kier alpha value is -0.990. The van der Waals surface area contributed by atoms with E-state index >= 15 is 0 Å². The summed E-state index contributed by atoms with van der Waals surface area (Å²) in [7, 11) is 0. The van der Waals surface area contributed by atoms with Crippen LogP contribution >= 0.6 is 23.2 Å². The molecule has 0 fully saturated rings. The highest BCUT2D eigenvalue weighted by Crippen LogP contribution is 2.36. The molecule has 0 radical (unpaired) electrons. The van der Waals surface area contributed by atoms with Gasteiger partial charge in [0.1, 0.15) is 5.52 Å². The van der Waals surface area contributed by atoms with Crippen molar-refractivity contribution in [2.24, 2.45) is 0 Å². The molecular weight excluding hydrogens is 245 g/mol. The Morgan fingerprint density at radius 3 is 2.88 bits per heavy atom. The van der Waals surface area contributed by atoms with Gasteiger partial charge in [-0.3, -0.25) is 4.98 Å². The maximum Gasteiger partial charge on any atom is 0.164 e. The van der Waals surface area contributed by atoms with E-state index in [1.54, 1.807) is 12.3 Å². The van der Waals surface area contributed by atoms with Crippen molar-refractivity contribution in [1.29, 1.82) is 0 Å². The third kappa shape index (κ3) is 2.08. The number of ether oxygens (including phenoxy) is 1. The molecule has 1 heterocycles. The van der Waals surface area contributed by atoms with Crippen LogP contribution in [0.1, 0.15) is 13.3 Å². The number of hydrogen-bond donors (Lipinski definition) is 0. The lowest BCUT2D eigenvalue weighted by molar-refractivity contribution is 0.321. The standard InChI is InChI=1S/C12H11Cl2NO/c1-2-6-16-12-10(14)7-9(13)8-4-3-5-15-11(8)12/h3-5,7H,2,6H2,1H3. The second-order valence-corrected chi connectivity index (χ2v) is 4.23. The zero-order valence-electron chi connectivity index (χ0n) is 8.84. The van der Waals surface area contributed by atoms with Crippen LogP contribution in [0.15, 0.2) is 24.4 Å². The van der Waals surface area contributed by atoms with Crippen LogP contribution in [0, 0.1) is 0 Å². The fourth-order valence-electron chi connectivity index (χ4n) is 1.49. The molecule has 0 N–H and O–H groups in total. The molecule has 1 aromatic heterocycles. The van der Waals surface area contributed by atoms with Crippen molar-refractivity contribution in [3.8, 4) is 5.75 Å². The Kier molecular flexibility index (Phi) is 3.52. The van der Waals surface area contributed by atoms with Gasteiger partial charge in [0.15, 0.2) is 5.75 Å². The van der Waals surface area contributed by atoms with Gasteiger partial charge in [0.05, 0.1) is 16.7 Å². The predicted molar refractivity (Wildman–Crippen MR) is 67.5 cm³/mol. The molecule has 0 atom stereocenters. The van der Waals surface area contributed by atoms with Crippen molar-refractivity contribution in [2.75, 3.05) is 6.61 Å². The van der Waals surface area contributed by atoms with Crippen molar-refractivity contribution in [1.82, 2.24) is 4.98 Å².